The Morgan fingerprint density at radius 1 is 0.577 bits per heavy atom. The Morgan fingerprint density at radius 3 is 1.40 bits per heavy atom. The first kappa shape index (κ1) is 49.6. The van der Waals surface area contributed by atoms with E-state index in [9.17, 15) is 31.9 Å². The van der Waals surface area contributed by atoms with Gasteiger partial charge in [-0.2, -0.15) is 0 Å². The molecule has 0 radical (unpaired) electrons. The molecule has 0 saturated carbocycles. The summed E-state index contributed by atoms with van der Waals surface area (Å²) in [6, 6.07) is 0. The molecule has 0 rings (SSSR count). The first-order chi connectivity index (χ1) is 24.8. The fourth-order valence-corrected chi connectivity index (χ4v) is 5.52. The first-order valence-electron chi connectivity index (χ1n) is 20.1. The van der Waals surface area contributed by atoms with Gasteiger partial charge in [-0.3, -0.25) is 14.4 Å². The van der Waals surface area contributed by atoms with Crippen molar-refractivity contribution >= 4 is 17.9 Å². The second-order valence-electron chi connectivity index (χ2n) is 14.2. The van der Waals surface area contributed by atoms with Gasteiger partial charge < -0.3 is 19.1 Å². The molecule has 0 atom stereocenters. The zero-order chi connectivity index (χ0) is 38.9. The van der Waals surface area contributed by atoms with E-state index in [1.807, 2.05) is 32.8 Å². The van der Waals surface area contributed by atoms with Crippen molar-refractivity contribution in [1.29, 1.82) is 0 Å². The Bertz CT molecular complexity index is 911. The second kappa shape index (κ2) is 32.0. The largest absolute Gasteiger partial charge is 0.465 e. The molecule has 0 spiro atoms. The number of nitrogens with zero attached hydrogens (tertiary/aromatic N) is 1. The maximum absolute atomic E-state index is 13.6. The van der Waals surface area contributed by atoms with Crippen LogP contribution in [-0.4, -0.2) is 74.6 Å². The number of rotatable bonds is 35. The number of hydrogen-bond donors (Lipinski definition) is 0. The normalized spacial score (nSPS) is 12.9. The topological polar surface area (TPSA) is 82.1 Å². The second-order valence-corrected chi connectivity index (χ2v) is 14.2. The number of carbonyl (C=O) groups is 3. The van der Waals surface area contributed by atoms with Crippen molar-refractivity contribution in [3.8, 4) is 0 Å². The van der Waals surface area contributed by atoms with E-state index in [0.29, 0.717) is 44.9 Å². The summed E-state index contributed by atoms with van der Waals surface area (Å²) in [4.78, 5) is 38.5. The fraction of sp³-hybridized carbons (Fsp3) is 0.829. The number of ether oxygens (including phenoxy) is 3. The van der Waals surface area contributed by atoms with Crippen LogP contribution in [0.4, 0.5) is 17.6 Å². The molecule has 0 aromatic rings. The number of alkyl halides is 4. The quantitative estimate of drug-likeness (QED) is 0.0210. The lowest BCUT2D eigenvalue weighted by Gasteiger charge is -2.18. The van der Waals surface area contributed by atoms with Crippen LogP contribution in [0.3, 0.4) is 0 Å². The van der Waals surface area contributed by atoms with Crippen LogP contribution in [0, 0.1) is 0 Å². The average molecular weight is 750 g/mol. The monoisotopic (exact) mass is 750 g/mol. The SMILES string of the molecule is CCCCC(F)(F)C=CCCOC(=O)CCCCCCCC(CCCCCCCC(=O)OCCC=CC(F)(F)CCCC)OC(=O)CCCN(C)C. The molecule has 0 unspecified atom stereocenters. The van der Waals surface area contributed by atoms with Crippen LogP contribution >= 0.6 is 0 Å². The van der Waals surface area contributed by atoms with Gasteiger partial charge in [0.2, 0.25) is 0 Å². The Labute approximate surface area is 312 Å². The van der Waals surface area contributed by atoms with Crippen LogP contribution in [-0.2, 0) is 28.6 Å². The van der Waals surface area contributed by atoms with Gasteiger partial charge in [0.25, 0.3) is 11.8 Å². The van der Waals surface area contributed by atoms with Crippen molar-refractivity contribution in [3.05, 3.63) is 24.3 Å². The number of unbranched alkanes of at least 4 members (excludes halogenated alkanes) is 10. The molecule has 0 bridgehead atoms. The molecule has 7 nitrogen and oxygen atoms in total. The minimum Gasteiger partial charge on any atom is -0.465 e. The molecule has 0 amide bonds. The molecular formula is C41H71F4NO6. The van der Waals surface area contributed by atoms with Crippen molar-refractivity contribution in [2.24, 2.45) is 0 Å². The Kier molecular flexibility index (Phi) is 30.5. The molecule has 0 fully saturated rings. The van der Waals surface area contributed by atoms with Gasteiger partial charge >= 0.3 is 17.9 Å². The zero-order valence-electron chi connectivity index (χ0n) is 32.9. The minimum atomic E-state index is -2.81. The summed E-state index contributed by atoms with van der Waals surface area (Å²) in [7, 11) is 3.95. The van der Waals surface area contributed by atoms with Crippen LogP contribution in [0.1, 0.15) is 168 Å². The molecule has 304 valence electrons. The summed E-state index contributed by atoms with van der Waals surface area (Å²) in [6.45, 7) is 4.79. The lowest BCUT2D eigenvalue weighted by atomic mass is 10.0. The minimum absolute atomic E-state index is 0.107. The van der Waals surface area contributed by atoms with Crippen LogP contribution in [0.25, 0.3) is 0 Å². The summed E-state index contributed by atoms with van der Waals surface area (Å²) in [5.41, 5.74) is 0. The van der Waals surface area contributed by atoms with Crippen molar-refractivity contribution in [3.63, 3.8) is 0 Å². The third-order valence-corrected chi connectivity index (χ3v) is 8.64. The first-order valence-corrected chi connectivity index (χ1v) is 20.1. The lowest BCUT2D eigenvalue weighted by Crippen LogP contribution is -2.20. The number of hydrogen-bond acceptors (Lipinski definition) is 7. The zero-order valence-corrected chi connectivity index (χ0v) is 32.9. The standard InChI is InChI=1S/C41H71F4NO6/c1-5-7-29-40(42,43)31-19-21-34-50-37(47)26-17-13-9-11-15-24-36(52-39(49)28-23-33-46(3)4)25-16-12-10-14-18-27-38(48)51-35-22-20-32-41(44,45)30-8-6-2/h19-20,31-32,36H,5-18,21-30,33-35H2,1-4H3. The maximum atomic E-state index is 13.6. The van der Waals surface area contributed by atoms with E-state index < -0.39 is 11.8 Å². The van der Waals surface area contributed by atoms with Crippen molar-refractivity contribution in [2.45, 2.75) is 186 Å². The number of halogens is 4. The third-order valence-electron chi connectivity index (χ3n) is 8.64. The van der Waals surface area contributed by atoms with Gasteiger partial charge in [0.1, 0.15) is 6.10 Å². The Morgan fingerprint density at radius 2 is 0.981 bits per heavy atom. The van der Waals surface area contributed by atoms with E-state index in [1.54, 1.807) is 0 Å². The van der Waals surface area contributed by atoms with Gasteiger partial charge in [0.05, 0.1) is 13.2 Å². The van der Waals surface area contributed by atoms with E-state index in [2.05, 4.69) is 0 Å². The van der Waals surface area contributed by atoms with Crippen LogP contribution in [0.2, 0.25) is 0 Å². The van der Waals surface area contributed by atoms with Gasteiger partial charge in [0, 0.05) is 32.1 Å². The summed E-state index contributed by atoms with van der Waals surface area (Å²) in [5.74, 6) is -6.39. The Hall–Kier alpha value is -2.43. The molecule has 0 aromatic carbocycles. The highest BCUT2D eigenvalue weighted by Gasteiger charge is 2.24. The lowest BCUT2D eigenvalue weighted by molar-refractivity contribution is -0.150. The van der Waals surface area contributed by atoms with Gasteiger partial charge in [-0.15, -0.1) is 0 Å². The third kappa shape index (κ3) is 33.4. The molecule has 0 aromatic heterocycles. The molecule has 11 heteroatoms. The van der Waals surface area contributed by atoms with Crippen LogP contribution in [0.15, 0.2) is 24.3 Å². The smallest absolute Gasteiger partial charge is 0.306 e. The van der Waals surface area contributed by atoms with E-state index in [-0.39, 0.29) is 62.9 Å². The highest BCUT2D eigenvalue weighted by atomic mass is 19.3. The van der Waals surface area contributed by atoms with Gasteiger partial charge in [-0.05, 0) is 103 Å². The summed E-state index contributed by atoms with van der Waals surface area (Å²) in [6.07, 6.45) is 19.3. The molecule has 0 aliphatic rings. The number of allylic oxidation sites excluding steroid dienone is 2. The van der Waals surface area contributed by atoms with Crippen molar-refractivity contribution in [1.82, 2.24) is 4.90 Å². The summed E-state index contributed by atoms with van der Waals surface area (Å²) >= 11 is 0. The number of carbonyl (C=O) groups excluding carboxylic acids is 3. The van der Waals surface area contributed by atoms with Crippen LogP contribution < -0.4 is 0 Å². The van der Waals surface area contributed by atoms with Gasteiger partial charge in [0.15, 0.2) is 0 Å². The predicted octanol–water partition coefficient (Wildman–Crippen LogP) is 11.3. The van der Waals surface area contributed by atoms with Gasteiger partial charge in [-0.1, -0.05) is 77.4 Å². The van der Waals surface area contributed by atoms with Crippen LogP contribution in [0.5, 0.6) is 0 Å². The number of esters is 3. The average Bonchev–Trinajstić information content (AvgIpc) is 3.08. The molecule has 0 saturated heterocycles. The molecule has 0 heterocycles. The molecule has 0 N–H and O–H groups in total. The van der Waals surface area contributed by atoms with Crippen molar-refractivity contribution < 1.29 is 46.2 Å². The highest BCUT2D eigenvalue weighted by molar-refractivity contribution is 5.70. The molecule has 0 aliphatic carbocycles. The van der Waals surface area contributed by atoms with E-state index in [0.717, 1.165) is 102 Å². The predicted molar refractivity (Wildman–Crippen MR) is 201 cm³/mol. The maximum Gasteiger partial charge on any atom is 0.306 e. The molecule has 0 aliphatic heterocycles. The van der Waals surface area contributed by atoms with E-state index in [4.69, 9.17) is 14.2 Å². The van der Waals surface area contributed by atoms with Gasteiger partial charge in [-0.25, -0.2) is 17.6 Å². The Balaban J connectivity index is 4.24. The van der Waals surface area contributed by atoms with E-state index in [1.165, 1.54) is 12.2 Å². The summed E-state index contributed by atoms with van der Waals surface area (Å²) in [5, 5.41) is 0. The van der Waals surface area contributed by atoms with E-state index >= 15 is 0 Å². The fourth-order valence-electron chi connectivity index (χ4n) is 5.52. The molecule has 52 heavy (non-hydrogen) atoms. The van der Waals surface area contributed by atoms with Crippen molar-refractivity contribution in [2.75, 3.05) is 33.9 Å². The summed E-state index contributed by atoms with van der Waals surface area (Å²) < 4.78 is 70.7. The highest BCUT2D eigenvalue weighted by Crippen LogP contribution is 2.24. The molecular weight excluding hydrogens is 678 g/mol.